The average Bonchev–Trinajstić information content (AvgIpc) is 2.26. The smallest absolute Gasteiger partial charge is 0.395 e. The molecule has 0 aliphatic carbocycles. The molecule has 0 bridgehead atoms. The van der Waals surface area contributed by atoms with Crippen molar-refractivity contribution in [3.05, 3.63) is 32.6 Å². The monoisotopic (exact) mass is 281 g/mol. The van der Waals surface area contributed by atoms with E-state index in [1.54, 1.807) is 4.98 Å². The number of carbonyl (C=O) groups excluding carboxylic acids is 1. The van der Waals surface area contributed by atoms with Crippen molar-refractivity contribution < 1.29 is 23.1 Å². The summed E-state index contributed by atoms with van der Waals surface area (Å²) < 4.78 is 36.8. The second-order valence-electron chi connectivity index (χ2n) is 3.55. The van der Waals surface area contributed by atoms with Gasteiger partial charge in [0.05, 0.1) is 6.61 Å². The van der Waals surface area contributed by atoms with Gasteiger partial charge in [-0.05, 0) is 0 Å². The number of aromatic amines is 2. The maximum absolute atomic E-state index is 12.3. The third kappa shape index (κ3) is 4.25. The summed E-state index contributed by atoms with van der Waals surface area (Å²) in [5, 5.41) is 8.64. The largest absolute Gasteiger partial charge is 0.406 e. The molecule has 3 N–H and O–H groups in total. The highest BCUT2D eigenvalue weighted by Crippen LogP contribution is 2.17. The minimum atomic E-state index is -4.67. The van der Waals surface area contributed by atoms with E-state index in [4.69, 9.17) is 5.11 Å². The SMILES string of the molecule is O=C(c1c[nH]c(=O)[nH]c1=O)N(CCO)CC(F)(F)F. The molecule has 1 amide bonds. The zero-order valence-corrected chi connectivity index (χ0v) is 9.45. The maximum Gasteiger partial charge on any atom is 0.406 e. The molecular formula is C9H10F3N3O4. The van der Waals surface area contributed by atoms with Crippen LogP contribution in [0.4, 0.5) is 13.2 Å². The van der Waals surface area contributed by atoms with Crippen LogP contribution in [0.15, 0.2) is 15.8 Å². The molecule has 1 aromatic heterocycles. The number of aromatic nitrogens is 2. The van der Waals surface area contributed by atoms with Gasteiger partial charge >= 0.3 is 11.9 Å². The van der Waals surface area contributed by atoms with Crippen molar-refractivity contribution in [3.8, 4) is 0 Å². The molecule has 0 aliphatic rings. The zero-order chi connectivity index (χ0) is 14.6. The van der Waals surface area contributed by atoms with E-state index in [2.05, 4.69) is 0 Å². The van der Waals surface area contributed by atoms with Crippen molar-refractivity contribution in [2.24, 2.45) is 0 Å². The molecule has 0 saturated carbocycles. The Balaban J connectivity index is 3.05. The van der Waals surface area contributed by atoms with Gasteiger partial charge in [-0.15, -0.1) is 0 Å². The Labute approximate surface area is 103 Å². The zero-order valence-electron chi connectivity index (χ0n) is 9.45. The van der Waals surface area contributed by atoms with E-state index < -0.39 is 48.6 Å². The van der Waals surface area contributed by atoms with Crippen LogP contribution in [0.25, 0.3) is 0 Å². The second-order valence-corrected chi connectivity index (χ2v) is 3.55. The van der Waals surface area contributed by atoms with Crippen molar-refractivity contribution in [1.29, 1.82) is 0 Å². The lowest BCUT2D eigenvalue weighted by atomic mass is 10.3. The number of H-pyrrole nitrogens is 2. The van der Waals surface area contributed by atoms with Gasteiger partial charge in [-0.1, -0.05) is 0 Å². The molecule has 1 heterocycles. The van der Waals surface area contributed by atoms with Gasteiger partial charge in [0.1, 0.15) is 12.1 Å². The Kier molecular flexibility index (Phi) is 4.48. The number of nitrogens with zero attached hydrogens (tertiary/aromatic N) is 1. The number of aliphatic hydroxyl groups excluding tert-OH is 1. The van der Waals surface area contributed by atoms with Crippen LogP contribution in [0.5, 0.6) is 0 Å². The van der Waals surface area contributed by atoms with Gasteiger partial charge < -0.3 is 15.0 Å². The molecular weight excluding hydrogens is 271 g/mol. The number of hydrogen-bond acceptors (Lipinski definition) is 4. The number of carbonyl (C=O) groups is 1. The minimum absolute atomic E-state index is 0.267. The lowest BCUT2D eigenvalue weighted by Crippen LogP contribution is -2.43. The topological polar surface area (TPSA) is 106 Å². The first kappa shape index (κ1) is 15.0. The van der Waals surface area contributed by atoms with Crippen molar-refractivity contribution in [2.45, 2.75) is 6.18 Å². The van der Waals surface area contributed by atoms with Gasteiger partial charge in [-0.3, -0.25) is 14.6 Å². The number of rotatable bonds is 4. The first-order valence-electron chi connectivity index (χ1n) is 5.03. The van der Waals surface area contributed by atoms with Crippen LogP contribution < -0.4 is 11.2 Å². The Bertz CT molecular complexity index is 563. The highest BCUT2D eigenvalue weighted by molar-refractivity contribution is 5.93. The van der Waals surface area contributed by atoms with Crippen LogP contribution in [-0.4, -0.2) is 51.8 Å². The van der Waals surface area contributed by atoms with Crippen LogP contribution in [0, 0.1) is 0 Å². The predicted molar refractivity (Wildman–Crippen MR) is 56.7 cm³/mol. The first-order chi connectivity index (χ1) is 8.74. The molecule has 0 atom stereocenters. The second kappa shape index (κ2) is 5.69. The molecule has 0 fully saturated rings. The normalized spacial score (nSPS) is 11.4. The number of hydrogen-bond donors (Lipinski definition) is 3. The highest BCUT2D eigenvalue weighted by Gasteiger charge is 2.33. The Hall–Kier alpha value is -2.10. The molecule has 106 valence electrons. The van der Waals surface area contributed by atoms with Crippen molar-refractivity contribution in [2.75, 3.05) is 19.7 Å². The van der Waals surface area contributed by atoms with E-state index in [1.165, 1.54) is 0 Å². The van der Waals surface area contributed by atoms with Crippen molar-refractivity contribution in [3.63, 3.8) is 0 Å². The number of alkyl halides is 3. The molecule has 0 aliphatic heterocycles. The third-order valence-corrected chi connectivity index (χ3v) is 2.08. The lowest BCUT2D eigenvalue weighted by Gasteiger charge is -2.22. The fraction of sp³-hybridized carbons (Fsp3) is 0.444. The molecule has 1 aromatic rings. The average molecular weight is 281 g/mol. The quantitative estimate of drug-likeness (QED) is 0.662. The van der Waals surface area contributed by atoms with E-state index >= 15 is 0 Å². The summed E-state index contributed by atoms with van der Waals surface area (Å²) in [5.41, 5.74) is -2.62. The molecule has 0 radical (unpaired) electrons. The van der Waals surface area contributed by atoms with Crippen LogP contribution in [0.1, 0.15) is 10.4 Å². The number of nitrogens with one attached hydrogen (secondary N) is 2. The molecule has 10 heteroatoms. The van der Waals surface area contributed by atoms with Crippen molar-refractivity contribution in [1.82, 2.24) is 14.9 Å². The summed E-state index contributed by atoms with van der Waals surface area (Å²) in [6.45, 7) is -2.88. The van der Waals surface area contributed by atoms with Gasteiger partial charge in [-0.2, -0.15) is 13.2 Å². The molecule has 7 nitrogen and oxygen atoms in total. The molecule has 19 heavy (non-hydrogen) atoms. The number of amides is 1. The summed E-state index contributed by atoms with van der Waals surface area (Å²) >= 11 is 0. The number of halogens is 3. The fourth-order valence-electron chi connectivity index (χ4n) is 1.33. The van der Waals surface area contributed by atoms with Crippen LogP contribution >= 0.6 is 0 Å². The summed E-state index contributed by atoms with van der Waals surface area (Å²) in [6.07, 6.45) is -3.94. The molecule has 0 saturated heterocycles. The molecule has 0 unspecified atom stereocenters. The minimum Gasteiger partial charge on any atom is -0.395 e. The maximum atomic E-state index is 12.3. The van der Waals surface area contributed by atoms with Gasteiger partial charge in [-0.25, -0.2) is 4.79 Å². The first-order valence-corrected chi connectivity index (χ1v) is 5.03. The number of aliphatic hydroxyl groups is 1. The summed E-state index contributed by atoms with van der Waals surface area (Å²) in [4.78, 5) is 37.7. The van der Waals surface area contributed by atoms with Gasteiger partial charge in [0, 0.05) is 12.7 Å². The van der Waals surface area contributed by atoms with Crippen molar-refractivity contribution >= 4 is 5.91 Å². The van der Waals surface area contributed by atoms with E-state index in [0.717, 1.165) is 6.20 Å². The van der Waals surface area contributed by atoms with E-state index in [-0.39, 0.29) is 4.90 Å². The predicted octanol–water partition coefficient (Wildman–Crippen LogP) is -0.940. The summed E-state index contributed by atoms with van der Waals surface area (Å²) in [5.74, 6) is -1.23. The van der Waals surface area contributed by atoms with E-state index in [9.17, 15) is 27.6 Å². The van der Waals surface area contributed by atoms with Gasteiger partial charge in [0.25, 0.3) is 11.5 Å². The molecule has 0 aromatic carbocycles. The van der Waals surface area contributed by atoms with Gasteiger partial charge in [0.15, 0.2) is 0 Å². The highest BCUT2D eigenvalue weighted by atomic mass is 19.4. The lowest BCUT2D eigenvalue weighted by molar-refractivity contribution is -0.141. The van der Waals surface area contributed by atoms with Crippen LogP contribution in [0.2, 0.25) is 0 Å². The Morgan fingerprint density at radius 1 is 1.37 bits per heavy atom. The fourth-order valence-corrected chi connectivity index (χ4v) is 1.33. The van der Waals surface area contributed by atoms with E-state index in [0.29, 0.717) is 0 Å². The van der Waals surface area contributed by atoms with Crippen LogP contribution in [0.3, 0.4) is 0 Å². The standard InChI is InChI=1S/C9H10F3N3O4/c10-9(11,12)4-15(1-2-16)7(18)5-3-13-8(19)14-6(5)17/h3,16H,1-2,4H2,(H2,13,14,17,19). The summed E-state index contributed by atoms with van der Waals surface area (Å²) in [7, 11) is 0. The molecule has 0 spiro atoms. The van der Waals surface area contributed by atoms with Crippen LogP contribution in [-0.2, 0) is 0 Å². The summed E-state index contributed by atoms with van der Waals surface area (Å²) in [6, 6.07) is 0. The molecule has 1 rings (SSSR count). The Morgan fingerprint density at radius 2 is 2.00 bits per heavy atom. The van der Waals surface area contributed by atoms with E-state index in [1.807, 2.05) is 4.98 Å². The van der Waals surface area contributed by atoms with Gasteiger partial charge in [0.2, 0.25) is 0 Å². The third-order valence-electron chi connectivity index (χ3n) is 2.08. The Morgan fingerprint density at radius 3 is 2.47 bits per heavy atom.